The highest BCUT2D eigenvalue weighted by Gasteiger charge is 2.10. The molecule has 0 saturated carbocycles. The lowest BCUT2D eigenvalue weighted by atomic mass is 10.0. The molecule has 3 heteroatoms. The van der Waals surface area contributed by atoms with Gasteiger partial charge in [-0.2, -0.15) is 0 Å². The molecule has 1 rings (SSSR count). The van der Waals surface area contributed by atoms with E-state index in [1.807, 2.05) is 26.0 Å². The predicted octanol–water partition coefficient (Wildman–Crippen LogP) is 2.41. The minimum Gasteiger partial charge on any atom is -0.350 e. The fourth-order valence-corrected chi connectivity index (χ4v) is 2.12. The average molecular weight is 248 g/mol. The Labute approximate surface area is 110 Å². The van der Waals surface area contributed by atoms with Crippen molar-refractivity contribution in [3.05, 3.63) is 34.9 Å². The van der Waals surface area contributed by atoms with Gasteiger partial charge in [0.15, 0.2) is 0 Å². The van der Waals surface area contributed by atoms with Gasteiger partial charge in [0.2, 0.25) is 0 Å². The third-order valence-electron chi connectivity index (χ3n) is 2.78. The Kier molecular flexibility index (Phi) is 5.35. The van der Waals surface area contributed by atoms with Gasteiger partial charge in [-0.1, -0.05) is 31.0 Å². The van der Waals surface area contributed by atoms with Crippen LogP contribution in [0.1, 0.15) is 41.8 Å². The van der Waals surface area contributed by atoms with Gasteiger partial charge in [-0.25, -0.2) is 0 Å². The lowest BCUT2D eigenvalue weighted by Gasteiger charge is -2.15. The van der Waals surface area contributed by atoms with E-state index in [4.69, 9.17) is 5.73 Å². The number of rotatable bonds is 5. The number of carbonyl (C=O) groups excluding carboxylic acids is 1. The molecule has 0 saturated heterocycles. The summed E-state index contributed by atoms with van der Waals surface area (Å²) in [5.74, 6) is 0.513. The predicted molar refractivity (Wildman–Crippen MR) is 75.7 cm³/mol. The second-order valence-corrected chi connectivity index (χ2v) is 5.48. The van der Waals surface area contributed by atoms with Crippen LogP contribution < -0.4 is 11.1 Å². The molecule has 1 aromatic rings. The third-order valence-corrected chi connectivity index (χ3v) is 2.78. The highest BCUT2D eigenvalue weighted by atomic mass is 16.1. The topological polar surface area (TPSA) is 55.1 Å². The summed E-state index contributed by atoms with van der Waals surface area (Å²) in [6.45, 7) is 8.78. The Hall–Kier alpha value is -1.35. The number of hydrogen-bond donors (Lipinski definition) is 2. The van der Waals surface area contributed by atoms with Gasteiger partial charge in [0.1, 0.15) is 0 Å². The van der Waals surface area contributed by atoms with Crippen LogP contribution in [0.25, 0.3) is 0 Å². The molecule has 1 aromatic carbocycles. The molecule has 18 heavy (non-hydrogen) atoms. The van der Waals surface area contributed by atoms with Crippen molar-refractivity contribution in [2.75, 3.05) is 6.54 Å². The van der Waals surface area contributed by atoms with Crippen molar-refractivity contribution in [1.29, 1.82) is 0 Å². The SMILES string of the molecule is Cc1cc(C)cc(C(=O)NCC(N)CC(C)C)c1. The lowest BCUT2D eigenvalue weighted by Crippen LogP contribution is -2.38. The first-order valence-electron chi connectivity index (χ1n) is 6.50. The van der Waals surface area contributed by atoms with E-state index < -0.39 is 0 Å². The normalized spacial score (nSPS) is 12.6. The maximum absolute atomic E-state index is 12.0. The van der Waals surface area contributed by atoms with E-state index in [9.17, 15) is 4.79 Å². The summed E-state index contributed by atoms with van der Waals surface area (Å²) in [5.41, 5.74) is 8.87. The molecule has 1 amide bonds. The Bertz CT molecular complexity index is 393. The first-order chi connectivity index (χ1) is 8.38. The van der Waals surface area contributed by atoms with Gasteiger partial charge in [0, 0.05) is 18.2 Å². The van der Waals surface area contributed by atoms with Crippen LogP contribution in [0, 0.1) is 19.8 Å². The van der Waals surface area contributed by atoms with Gasteiger partial charge >= 0.3 is 0 Å². The molecule has 0 heterocycles. The molecule has 1 unspecified atom stereocenters. The summed E-state index contributed by atoms with van der Waals surface area (Å²) in [6, 6.07) is 5.88. The third kappa shape index (κ3) is 4.88. The quantitative estimate of drug-likeness (QED) is 0.840. The summed E-state index contributed by atoms with van der Waals surface area (Å²) >= 11 is 0. The summed E-state index contributed by atoms with van der Waals surface area (Å²) in [6.07, 6.45) is 0.924. The summed E-state index contributed by atoms with van der Waals surface area (Å²) < 4.78 is 0. The second kappa shape index (κ2) is 6.55. The minimum atomic E-state index is -0.0407. The van der Waals surface area contributed by atoms with Crippen molar-refractivity contribution < 1.29 is 4.79 Å². The van der Waals surface area contributed by atoms with E-state index in [0.29, 0.717) is 18.0 Å². The summed E-state index contributed by atoms with van der Waals surface area (Å²) in [7, 11) is 0. The van der Waals surface area contributed by atoms with E-state index >= 15 is 0 Å². The number of nitrogens with two attached hydrogens (primary N) is 1. The monoisotopic (exact) mass is 248 g/mol. The Morgan fingerprint density at radius 3 is 2.28 bits per heavy atom. The molecule has 0 spiro atoms. The number of hydrogen-bond acceptors (Lipinski definition) is 2. The molecule has 0 aromatic heterocycles. The first kappa shape index (κ1) is 14.7. The standard InChI is InChI=1S/C15H24N2O/c1-10(2)5-14(16)9-17-15(18)13-7-11(3)6-12(4)8-13/h6-8,10,14H,5,9,16H2,1-4H3,(H,17,18). The number of benzene rings is 1. The van der Waals surface area contributed by atoms with E-state index in [0.717, 1.165) is 17.5 Å². The fourth-order valence-electron chi connectivity index (χ4n) is 2.12. The maximum Gasteiger partial charge on any atom is 0.251 e. The molecule has 100 valence electrons. The van der Waals surface area contributed by atoms with E-state index in [1.54, 1.807) is 0 Å². The Morgan fingerprint density at radius 1 is 1.22 bits per heavy atom. The number of nitrogens with one attached hydrogen (secondary N) is 1. The molecule has 3 N–H and O–H groups in total. The minimum absolute atomic E-state index is 0.0276. The van der Waals surface area contributed by atoms with Crippen molar-refractivity contribution in [2.24, 2.45) is 11.7 Å². The fraction of sp³-hybridized carbons (Fsp3) is 0.533. The van der Waals surface area contributed by atoms with Crippen LogP contribution in [-0.2, 0) is 0 Å². The molecule has 0 aliphatic heterocycles. The zero-order chi connectivity index (χ0) is 13.7. The molecular formula is C15H24N2O. The van der Waals surface area contributed by atoms with Crippen LogP contribution in [0.2, 0.25) is 0 Å². The molecule has 3 nitrogen and oxygen atoms in total. The van der Waals surface area contributed by atoms with Crippen molar-refractivity contribution in [2.45, 2.75) is 40.2 Å². The van der Waals surface area contributed by atoms with Crippen LogP contribution in [-0.4, -0.2) is 18.5 Å². The van der Waals surface area contributed by atoms with E-state index in [1.165, 1.54) is 0 Å². The van der Waals surface area contributed by atoms with Gasteiger partial charge in [0.25, 0.3) is 5.91 Å². The van der Waals surface area contributed by atoms with Crippen molar-refractivity contribution in [3.63, 3.8) is 0 Å². The molecule has 0 bridgehead atoms. The van der Waals surface area contributed by atoms with Crippen molar-refractivity contribution >= 4 is 5.91 Å². The summed E-state index contributed by atoms with van der Waals surface area (Å²) in [4.78, 5) is 12.0. The van der Waals surface area contributed by atoms with E-state index in [-0.39, 0.29) is 11.9 Å². The van der Waals surface area contributed by atoms with Crippen LogP contribution in [0.3, 0.4) is 0 Å². The van der Waals surface area contributed by atoms with Gasteiger partial charge in [-0.3, -0.25) is 4.79 Å². The number of aryl methyl sites for hydroxylation is 2. The molecule has 1 atom stereocenters. The zero-order valence-corrected chi connectivity index (χ0v) is 11.8. The number of carbonyl (C=O) groups is 1. The van der Waals surface area contributed by atoms with Crippen molar-refractivity contribution in [3.8, 4) is 0 Å². The Balaban J connectivity index is 2.55. The van der Waals surface area contributed by atoms with Gasteiger partial charge < -0.3 is 11.1 Å². The van der Waals surface area contributed by atoms with Crippen LogP contribution >= 0.6 is 0 Å². The van der Waals surface area contributed by atoms with Crippen molar-refractivity contribution in [1.82, 2.24) is 5.32 Å². The van der Waals surface area contributed by atoms with Crippen LogP contribution in [0.5, 0.6) is 0 Å². The molecular weight excluding hydrogens is 224 g/mol. The molecule has 0 aliphatic carbocycles. The molecule has 0 aliphatic rings. The smallest absolute Gasteiger partial charge is 0.251 e. The second-order valence-electron chi connectivity index (χ2n) is 5.48. The Morgan fingerprint density at radius 2 is 1.78 bits per heavy atom. The largest absolute Gasteiger partial charge is 0.350 e. The summed E-state index contributed by atoms with van der Waals surface area (Å²) in [5, 5.41) is 2.89. The lowest BCUT2D eigenvalue weighted by molar-refractivity contribution is 0.0950. The highest BCUT2D eigenvalue weighted by molar-refractivity contribution is 5.94. The molecule has 0 radical (unpaired) electrons. The maximum atomic E-state index is 12.0. The molecule has 0 fully saturated rings. The van der Waals surface area contributed by atoms with Gasteiger partial charge in [-0.15, -0.1) is 0 Å². The van der Waals surface area contributed by atoms with E-state index in [2.05, 4.69) is 25.2 Å². The van der Waals surface area contributed by atoms with Crippen LogP contribution in [0.4, 0.5) is 0 Å². The highest BCUT2D eigenvalue weighted by Crippen LogP contribution is 2.09. The van der Waals surface area contributed by atoms with Crippen LogP contribution in [0.15, 0.2) is 18.2 Å². The van der Waals surface area contributed by atoms with Gasteiger partial charge in [0.05, 0.1) is 0 Å². The average Bonchev–Trinajstić information content (AvgIpc) is 2.23. The van der Waals surface area contributed by atoms with Gasteiger partial charge in [-0.05, 0) is 38.3 Å². The first-order valence-corrected chi connectivity index (χ1v) is 6.50. The number of amides is 1. The zero-order valence-electron chi connectivity index (χ0n) is 11.8.